The molecule has 7 atom stereocenters. The third-order valence-corrected chi connectivity index (χ3v) is 9.00. The summed E-state index contributed by atoms with van der Waals surface area (Å²) in [6.45, 7) is -5.34. The van der Waals surface area contributed by atoms with Gasteiger partial charge in [-0.3, -0.25) is 18.9 Å². The van der Waals surface area contributed by atoms with Crippen LogP contribution in [0.1, 0.15) is 12.6 Å². The van der Waals surface area contributed by atoms with Crippen molar-refractivity contribution >= 4 is 52.6 Å². The van der Waals surface area contributed by atoms with Crippen molar-refractivity contribution in [2.24, 2.45) is 0 Å². The van der Waals surface area contributed by atoms with E-state index in [0.717, 1.165) is 4.68 Å². The van der Waals surface area contributed by atoms with Gasteiger partial charge >= 0.3 is 6.72 Å². The number of aliphatic hydroxyl groups is 2. The van der Waals surface area contributed by atoms with Gasteiger partial charge in [0.2, 0.25) is 5.95 Å². The lowest BCUT2D eigenvalue weighted by Crippen LogP contribution is -2.45. The van der Waals surface area contributed by atoms with Crippen LogP contribution in [0.2, 0.25) is 0 Å². The summed E-state index contributed by atoms with van der Waals surface area (Å²) in [6.07, 6.45) is -0.934. The zero-order valence-corrected chi connectivity index (χ0v) is 23.1. The Labute approximate surface area is 238 Å². The number of nitrogen functional groups attached to an aromatic ring is 2. The lowest BCUT2D eigenvalue weighted by Gasteiger charge is -2.34. The maximum absolute atomic E-state index is 12.3. The molecule has 224 valence electrons. The minimum atomic E-state index is -4.19. The average Bonchev–Trinajstić information content (AvgIpc) is 3.76. The van der Waals surface area contributed by atoms with Crippen molar-refractivity contribution in [2.45, 2.75) is 42.3 Å². The van der Waals surface area contributed by atoms with Crippen molar-refractivity contribution in [3.63, 3.8) is 0 Å². The lowest BCUT2D eigenvalue weighted by atomic mass is 10.0. The number of aliphatic hydroxyl groups excluding tert-OH is 2. The first-order chi connectivity index (χ1) is 20.0. The Bertz CT molecular complexity index is 1800. The Hall–Kier alpha value is -3.24. The largest absolute Gasteiger partial charge is 0.394 e. The van der Waals surface area contributed by atoms with Crippen molar-refractivity contribution in [2.75, 3.05) is 37.9 Å². The van der Waals surface area contributed by atoms with Crippen molar-refractivity contribution in [3.8, 4) is 0 Å². The molecule has 42 heavy (non-hydrogen) atoms. The number of anilines is 2. The van der Waals surface area contributed by atoms with E-state index in [0.29, 0.717) is 11.2 Å². The molecule has 0 spiro atoms. The van der Waals surface area contributed by atoms with Crippen molar-refractivity contribution in [1.82, 2.24) is 44.5 Å². The molecule has 7 heterocycles. The van der Waals surface area contributed by atoms with Gasteiger partial charge in [0, 0.05) is 6.42 Å². The highest BCUT2D eigenvalue weighted by Crippen LogP contribution is 2.55. The second-order valence-corrected chi connectivity index (χ2v) is 12.9. The van der Waals surface area contributed by atoms with E-state index in [4.69, 9.17) is 46.5 Å². The SMILES string of the molecule is Nc1nc2c(nnn2[C@]2(OP(O)(=S)OC[C@@]34CO[C@@H]([C@H](n5cnc6c(N)ncnc65)O3)[C@@H]4O)CO[C@H](CO)C2)c(=O)[nH]1. The van der Waals surface area contributed by atoms with E-state index >= 15 is 0 Å². The first kappa shape index (κ1) is 27.6. The van der Waals surface area contributed by atoms with Crippen LogP contribution in [-0.2, 0) is 40.8 Å². The number of hydrogen-bond acceptors (Lipinski definition) is 17. The maximum atomic E-state index is 12.3. The van der Waals surface area contributed by atoms with Crippen LogP contribution in [-0.4, -0.2) is 110 Å². The zero-order chi connectivity index (χ0) is 29.4. The van der Waals surface area contributed by atoms with E-state index in [9.17, 15) is 19.9 Å². The fourth-order valence-electron chi connectivity index (χ4n) is 5.43. The molecule has 1 unspecified atom stereocenters. The number of H-pyrrole nitrogens is 1. The predicted molar refractivity (Wildman–Crippen MR) is 142 cm³/mol. The van der Waals surface area contributed by atoms with Crippen LogP contribution < -0.4 is 17.0 Å². The number of nitrogens with one attached hydrogen (secondary N) is 1. The van der Waals surface area contributed by atoms with Gasteiger partial charge in [0.25, 0.3) is 5.56 Å². The number of imidazole rings is 1. The highest BCUT2D eigenvalue weighted by Gasteiger charge is 2.63. The number of rotatable bonds is 8. The fourth-order valence-corrected chi connectivity index (χ4v) is 7.07. The molecule has 22 heteroatoms. The summed E-state index contributed by atoms with van der Waals surface area (Å²) < 4.78 is 32.0. The molecule has 0 radical (unpaired) electrons. The normalized spacial score (nSPS) is 32.3. The van der Waals surface area contributed by atoms with Gasteiger partial charge in [-0.15, -0.1) is 5.10 Å². The molecular weight excluding hydrogens is 601 g/mol. The monoisotopic (exact) mass is 625 g/mol. The van der Waals surface area contributed by atoms with Crippen LogP contribution in [0.5, 0.6) is 0 Å². The highest BCUT2D eigenvalue weighted by atomic mass is 32.5. The van der Waals surface area contributed by atoms with Crippen LogP contribution in [0.15, 0.2) is 17.4 Å². The molecule has 3 aliphatic rings. The van der Waals surface area contributed by atoms with Gasteiger partial charge in [0.15, 0.2) is 34.6 Å². The van der Waals surface area contributed by atoms with Gasteiger partial charge in [-0.25, -0.2) is 15.0 Å². The molecule has 8 N–H and O–H groups in total. The van der Waals surface area contributed by atoms with E-state index in [1.165, 1.54) is 12.7 Å². The molecule has 0 aliphatic carbocycles. The Morgan fingerprint density at radius 2 is 2.05 bits per heavy atom. The molecule has 2 bridgehead atoms. The maximum Gasteiger partial charge on any atom is 0.326 e. The first-order valence-corrected chi connectivity index (χ1v) is 15.1. The Morgan fingerprint density at radius 1 is 1.21 bits per heavy atom. The number of fused-ring (bicyclic) bond motifs is 4. The second-order valence-electron chi connectivity index (χ2n) is 10.1. The molecule has 0 saturated carbocycles. The zero-order valence-electron chi connectivity index (χ0n) is 21.4. The second kappa shape index (κ2) is 9.64. The number of nitrogens with two attached hydrogens (primary N) is 2. The van der Waals surface area contributed by atoms with Crippen LogP contribution in [0, 0.1) is 0 Å². The fraction of sp³-hybridized carbons (Fsp3) is 0.550. The molecule has 4 aromatic rings. The first-order valence-electron chi connectivity index (χ1n) is 12.5. The van der Waals surface area contributed by atoms with Crippen LogP contribution in [0.25, 0.3) is 22.3 Å². The molecule has 3 fully saturated rings. The predicted octanol–water partition coefficient (Wildman–Crippen LogP) is -2.77. The Balaban J connectivity index is 1.15. The minimum Gasteiger partial charge on any atom is -0.394 e. The summed E-state index contributed by atoms with van der Waals surface area (Å²) in [5.41, 5.74) is 8.37. The van der Waals surface area contributed by atoms with Gasteiger partial charge in [0.1, 0.15) is 29.7 Å². The standard InChI is InChI=1S/C20H24N11O9PS/c21-13-9-14(24-6-23-13)30(7-25-9)17-11-12(33)19(39-17,3-37-11)4-38-41(35,42)40-20(1-8(2-32)36-5-20)31-15-10(28-29-31)16(34)27-18(22)26-15/h6-8,11-12,17,32-33H,1-5H2,(H,35,42)(H2,21,23,24)(H3,22,26,27,34)/t8-,11+,12-,17+,19+,20+,41?/m0/s1. The van der Waals surface area contributed by atoms with Crippen molar-refractivity contribution < 1.29 is 38.4 Å². The van der Waals surface area contributed by atoms with E-state index in [1.807, 2.05) is 0 Å². The smallest absolute Gasteiger partial charge is 0.326 e. The van der Waals surface area contributed by atoms with E-state index in [1.54, 1.807) is 4.57 Å². The van der Waals surface area contributed by atoms with Gasteiger partial charge in [-0.2, -0.15) is 9.67 Å². The molecule has 3 aliphatic heterocycles. The van der Waals surface area contributed by atoms with Gasteiger partial charge in [-0.1, -0.05) is 5.21 Å². The summed E-state index contributed by atoms with van der Waals surface area (Å²) in [5, 5.41) is 28.7. The number of aromatic amines is 1. The summed E-state index contributed by atoms with van der Waals surface area (Å²) in [6, 6.07) is 0. The molecule has 0 aromatic carbocycles. The van der Waals surface area contributed by atoms with Crippen LogP contribution in [0.4, 0.5) is 11.8 Å². The van der Waals surface area contributed by atoms with E-state index in [2.05, 4.69) is 35.2 Å². The van der Waals surface area contributed by atoms with Gasteiger partial charge in [0.05, 0.1) is 38.9 Å². The molecule has 3 saturated heterocycles. The number of aromatic nitrogens is 9. The lowest BCUT2D eigenvalue weighted by molar-refractivity contribution is -0.184. The third-order valence-electron chi connectivity index (χ3n) is 7.44. The summed E-state index contributed by atoms with van der Waals surface area (Å²) in [5.74, 6) is -0.0319. The molecule has 7 rings (SSSR count). The molecular formula is C20H24N11O9PS. The average molecular weight is 626 g/mol. The topological polar surface area (TPSA) is 279 Å². The molecule has 20 nitrogen and oxygen atoms in total. The van der Waals surface area contributed by atoms with Gasteiger partial charge in [-0.05, 0) is 11.8 Å². The number of ether oxygens (including phenoxy) is 3. The summed E-state index contributed by atoms with van der Waals surface area (Å²) in [7, 11) is 0. The van der Waals surface area contributed by atoms with Crippen LogP contribution in [0.3, 0.4) is 0 Å². The molecule has 4 aromatic heterocycles. The third kappa shape index (κ3) is 4.20. The van der Waals surface area contributed by atoms with E-state index < -0.39 is 54.8 Å². The quantitative estimate of drug-likeness (QED) is 0.108. The van der Waals surface area contributed by atoms with Crippen molar-refractivity contribution in [3.05, 3.63) is 23.0 Å². The van der Waals surface area contributed by atoms with E-state index in [-0.39, 0.29) is 49.2 Å². The Kier molecular flexibility index (Phi) is 6.33. The number of hydrogen-bond donors (Lipinski definition) is 6. The van der Waals surface area contributed by atoms with Crippen LogP contribution >= 0.6 is 6.72 Å². The Morgan fingerprint density at radius 3 is 2.83 bits per heavy atom. The summed E-state index contributed by atoms with van der Waals surface area (Å²) >= 11 is 5.35. The number of nitrogens with zero attached hydrogens (tertiary/aromatic N) is 8. The highest BCUT2D eigenvalue weighted by molar-refractivity contribution is 8.07. The molecule has 0 amide bonds. The minimum absolute atomic E-state index is 0.0606. The summed E-state index contributed by atoms with van der Waals surface area (Å²) in [4.78, 5) is 42.4. The van der Waals surface area contributed by atoms with Gasteiger partial charge < -0.3 is 45.3 Å². The van der Waals surface area contributed by atoms with Crippen molar-refractivity contribution in [1.29, 1.82) is 0 Å².